The number of rotatable bonds is 6. The van der Waals surface area contributed by atoms with Gasteiger partial charge in [-0.15, -0.1) is 0 Å². The molecule has 2 aliphatic heterocycles. The first-order valence-electron chi connectivity index (χ1n) is 10.5. The molecule has 2 fully saturated rings. The summed E-state index contributed by atoms with van der Waals surface area (Å²) in [6, 6.07) is 8.31. The van der Waals surface area contributed by atoms with Gasteiger partial charge < -0.3 is 19.9 Å². The Bertz CT molecular complexity index is 747. The summed E-state index contributed by atoms with van der Waals surface area (Å²) in [5, 5.41) is 3.34. The highest BCUT2D eigenvalue weighted by molar-refractivity contribution is 5.82. The fraction of sp³-hybridized carbons (Fsp3) is 0.591. The molecule has 0 aliphatic carbocycles. The Labute approximate surface area is 173 Å². The maximum absolute atomic E-state index is 12.0. The molecule has 0 aromatic heterocycles. The zero-order chi connectivity index (χ0) is 20.8. The fourth-order valence-electron chi connectivity index (χ4n) is 4.03. The molecule has 2 saturated heterocycles. The van der Waals surface area contributed by atoms with Crippen LogP contribution in [0.25, 0.3) is 0 Å². The zero-order valence-electron chi connectivity index (χ0n) is 17.7. The molecule has 29 heavy (non-hydrogen) atoms. The first kappa shape index (κ1) is 21.1. The molecule has 3 rings (SSSR count). The minimum absolute atomic E-state index is 0.114. The summed E-state index contributed by atoms with van der Waals surface area (Å²) >= 11 is 0. The first-order valence-corrected chi connectivity index (χ1v) is 10.5. The SMILES string of the molecule is CCNC(=NCc1ccc(CN2CCCC2=O)cc1)N1CC(C)C(C(=O)OC)C1. The molecule has 0 radical (unpaired) electrons. The van der Waals surface area contributed by atoms with Crippen molar-refractivity contribution in [2.45, 2.75) is 39.8 Å². The lowest BCUT2D eigenvalue weighted by Crippen LogP contribution is -2.40. The summed E-state index contributed by atoms with van der Waals surface area (Å²) in [7, 11) is 1.44. The third-order valence-electron chi connectivity index (χ3n) is 5.73. The van der Waals surface area contributed by atoms with E-state index in [1.165, 1.54) is 7.11 Å². The Balaban J connectivity index is 1.61. The topological polar surface area (TPSA) is 74.2 Å². The van der Waals surface area contributed by atoms with Crippen LogP contribution in [0.4, 0.5) is 0 Å². The van der Waals surface area contributed by atoms with Crippen molar-refractivity contribution in [3.8, 4) is 0 Å². The number of hydrogen-bond acceptors (Lipinski definition) is 4. The van der Waals surface area contributed by atoms with Crippen LogP contribution < -0.4 is 5.32 Å². The first-order chi connectivity index (χ1) is 14.0. The largest absolute Gasteiger partial charge is 0.469 e. The van der Waals surface area contributed by atoms with E-state index in [2.05, 4.69) is 41.4 Å². The van der Waals surface area contributed by atoms with E-state index in [-0.39, 0.29) is 23.7 Å². The molecule has 2 unspecified atom stereocenters. The number of carbonyl (C=O) groups excluding carboxylic acids is 2. The van der Waals surface area contributed by atoms with Crippen LogP contribution in [0, 0.1) is 11.8 Å². The molecule has 158 valence electrons. The van der Waals surface area contributed by atoms with Gasteiger partial charge >= 0.3 is 5.97 Å². The predicted molar refractivity (Wildman–Crippen MR) is 112 cm³/mol. The number of nitrogens with zero attached hydrogens (tertiary/aromatic N) is 3. The van der Waals surface area contributed by atoms with E-state index >= 15 is 0 Å². The van der Waals surface area contributed by atoms with Crippen molar-refractivity contribution in [1.82, 2.24) is 15.1 Å². The van der Waals surface area contributed by atoms with Crippen molar-refractivity contribution < 1.29 is 14.3 Å². The van der Waals surface area contributed by atoms with E-state index in [1.54, 1.807) is 0 Å². The zero-order valence-corrected chi connectivity index (χ0v) is 17.7. The van der Waals surface area contributed by atoms with Crippen LogP contribution in [0.3, 0.4) is 0 Å². The van der Waals surface area contributed by atoms with Gasteiger partial charge in [0.05, 0.1) is 19.6 Å². The number of methoxy groups -OCH3 is 1. The van der Waals surface area contributed by atoms with Crippen molar-refractivity contribution in [2.24, 2.45) is 16.8 Å². The summed E-state index contributed by atoms with van der Waals surface area (Å²) < 4.78 is 4.94. The predicted octanol–water partition coefficient (Wildman–Crippen LogP) is 2.02. The van der Waals surface area contributed by atoms with Gasteiger partial charge in [-0.25, -0.2) is 4.99 Å². The highest BCUT2D eigenvalue weighted by Gasteiger charge is 2.36. The Hall–Kier alpha value is -2.57. The van der Waals surface area contributed by atoms with Gasteiger partial charge in [-0.1, -0.05) is 31.2 Å². The molecule has 2 atom stereocenters. The van der Waals surface area contributed by atoms with Crippen LogP contribution in [0.2, 0.25) is 0 Å². The van der Waals surface area contributed by atoms with Gasteiger partial charge in [0.25, 0.3) is 0 Å². The maximum Gasteiger partial charge on any atom is 0.310 e. The van der Waals surface area contributed by atoms with Crippen LogP contribution in [0.1, 0.15) is 37.8 Å². The highest BCUT2D eigenvalue weighted by Crippen LogP contribution is 2.24. The number of ether oxygens (including phenoxy) is 1. The fourth-order valence-corrected chi connectivity index (χ4v) is 4.03. The number of carbonyl (C=O) groups is 2. The normalized spacial score (nSPS) is 22.3. The average molecular weight is 401 g/mol. The van der Waals surface area contributed by atoms with E-state index in [0.717, 1.165) is 43.1 Å². The molecule has 7 heteroatoms. The standard InChI is InChI=1S/C22H32N4O3/c1-4-23-22(26-13-16(2)19(15-26)21(28)29-3)24-12-17-7-9-18(10-8-17)14-25-11-5-6-20(25)27/h7-10,16,19H,4-6,11-15H2,1-3H3,(H,23,24). The maximum atomic E-state index is 12.0. The second kappa shape index (κ2) is 9.76. The van der Waals surface area contributed by atoms with Crippen LogP contribution >= 0.6 is 0 Å². The van der Waals surface area contributed by atoms with Gasteiger partial charge in [0.2, 0.25) is 5.91 Å². The van der Waals surface area contributed by atoms with E-state index in [4.69, 9.17) is 9.73 Å². The van der Waals surface area contributed by atoms with E-state index < -0.39 is 0 Å². The monoisotopic (exact) mass is 400 g/mol. The summed E-state index contributed by atoms with van der Waals surface area (Å²) in [6.07, 6.45) is 1.64. The smallest absolute Gasteiger partial charge is 0.310 e. The Morgan fingerprint density at radius 1 is 1.24 bits per heavy atom. The van der Waals surface area contributed by atoms with Crippen LogP contribution in [-0.2, 0) is 27.4 Å². The van der Waals surface area contributed by atoms with Crippen LogP contribution in [-0.4, -0.2) is 60.9 Å². The Kier molecular flexibility index (Phi) is 7.12. The van der Waals surface area contributed by atoms with Gasteiger partial charge in [0.15, 0.2) is 5.96 Å². The minimum Gasteiger partial charge on any atom is -0.469 e. The molecule has 0 saturated carbocycles. The van der Waals surface area contributed by atoms with Gasteiger partial charge in [-0.3, -0.25) is 9.59 Å². The molecule has 1 aromatic carbocycles. The molecular weight excluding hydrogens is 368 g/mol. The number of amides is 1. The summed E-state index contributed by atoms with van der Waals surface area (Å²) in [6.45, 7) is 8.42. The van der Waals surface area contributed by atoms with E-state index in [9.17, 15) is 9.59 Å². The van der Waals surface area contributed by atoms with Gasteiger partial charge in [0, 0.05) is 39.1 Å². The molecular formula is C22H32N4O3. The third kappa shape index (κ3) is 5.28. The van der Waals surface area contributed by atoms with Gasteiger partial charge in [-0.05, 0) is 30.4 Å². The second-order valence-electron chi connectivity index (χ2n) is 7.92. The molecule has 0 spiro atoms. The van der Waals surface area contributed by atoms with Crippen molar-refractivity contribution in [3.05, 3.63) is 35.4 Å². The third-order valence-corrected chi connectivity index (χ3v) is 5.73. The number of hydrogen-bond donors (Lipinski definition) is 1. The molecule has 1 N–H and O–H groups in total. The number of likely N-dealkylation sites (tertiary alicyclic amines) is 2. The molecule has 0 bridgehead atoms. The van der Waals surface area contributed by atoms with Crippen molar-refractivity contribution >= 4 is 17.8 Å². The summed E-state index contributed by atoms with van der Waals surface area (Å²) in [5.74, 6) is 1.05. The molecule has 7 nitrogen and oxygen atoms in total. The molecule has 1 aromatic rings. The quantitative estimate of drug-likeness (QED) is 0.449. The minimum atomic E-state index is -0.150. The number of esters is 1. The molecule has 2 aliphatic rings. The average Bonchev–Trinajstić information content (AvgIpc) is 3.31. The number of nitrogens with one attached hydrogen (secondary N) is 1. The van der Waals surface area contributed by atoms with Crippen LogP contribution in [0.5, 0.6) is 0 Å². The van der Waals surface area contributed by atoms with Crippen molar-refractivity contribution in [3.63, 3.8) is 0 Å². The lowest BCUT2D eigenvalue weighted by molar-refractivity contribution is -0.146. The van der Waals surface area contributed by atoms with Gasteiger partial charge in [-0.2, -0.15) is 0 Å². The number of aliphatic imine (C=N–C) groups is 1. The summed E-state index contributed by atoms with van der Waals surface area (Å²) in [5.41, 5.74) is 2.27. The Morgan fingerprint density at radius 2 is 1.97 bits per heavy atom. The molecule has 1 amide bonds. The van der Waals surface area contributed by atoms with Crippen molar-refractivity contribution in [1.29, 1.82) is 0 Å². The summed E-state index contributed by atoms with van der Waals surface area (Å²) in [4.78, 5) is 32.6. The lowest BCUT2D eigenvalue weighted by Gasteiger charge is -2.21. The number of guanidine groups is 1. The van der Waals surface area contributed by atoms with Crippen LogP contribution in [0.15, 0.2) is 29.3 Å². The highest BCUT2D eigenvalue weighted by atomic mass is 16.5. The second-order valence-corrected chi connectivity index (χ2v) is 7.92. The van der Waals surface area contributed by atoms with E-state index in [0.29, 0.717) is 26.1 Å². The Morgan fingerprint density at radius 3 is 2.59 bits per heavy atom. The van der Waals surface area contributed by atoms with E-state index in [1.807, 2.05) is 11.8 Å². The number of benzene rings is 1. The molecule has 2 heterocycles. The van der Waals surface area contributed by atoms with Gasteiger partial charge in [0.1, 0.15) is 0 Å². The van der Waals surface area contributed by atoms with Crippen molar-refractivity contribution in [2.75, 3.05) is 33.3 Å². The lowest BCUT2D eigenvalue weighted by atomic mass is 9.99.